The molecule has 29 heavy (non-hydrogen) atoms. The molecule has 154 valence electrons. The maximum atomic E-state index is 12.2. The summed E-state index contributed by atoms with van der Waals surface area (Å²) in [6, 6.07) is 9.38. The smallest absolute Gasteiger partial charge is 0.230 e. The van der Waals surface area contributed by atoms with E-state index >= 15 is 0 Å². The molecule has 0 spiro atoms. The van der Waals surface area contributed by atoms with E-state index in [1.54, 1.807) is 20.5 Å². The Morgan fingerprint density at radius 2 is 2.03 bits per heavy atom. The van der Waals surface area contributed by atoms with Crippen LogP contribution in [-0.4, -0.2) is 47.2 Å². The summed E-state index contributed by atoms with van der Waals surface area (Å²) in [4.78, 5) is 12.2. The topological polar surface area (TPSA) is 91.4 Å². The predicted octanol–water partition coefficient (Wildman–Crippen LogP) is 3.03. The van der Waals surface area contributed by atoms with Crippen LogP contribution in [0.25, 0.3) is 11.6 Å². The molecule has 0 radical (unpaired) electrons. The van der Waals surface area contributed by atoms with Crippen LogP contribution in [-0.2, 0) is 17.8 Å². The van der Waals surface area contributed by atoms with Gasteiger partial charge in [0.2, 0.25) is 5.91 Å². The molecule has 3 aromatic rings. The third-order valence-electron chi connectivity index (χ3n) is 4.29. The van der Waals surface area contributed by atoms with E-state index in [1.807, 2.05) is 41.8 Å². The second-order valence-electron chi connectivity index (χ2n) is 6.11. The molecule has 1 N–H and O–H groups in total. The monoisotopic (exact) mass is 416 g/mol. The maximum absolute atomic E-state index is 12.2. The zero-order valence-corrected chi connectivity index (χ0v) is 17.5. The number of nitrogens with one attached hydrogen (secondary N) is 1. The number of ether oxygens (including phenoxy) is 2. The van der Waals surface area contributed by atoms with Crippen molar-refractivity contribution < 1.29 is 18.7 Å². The van der Waals surface area contributed by atoms with Crippen LogP contribution in [0, 0.1) is 0 Å². The summed E-state index contributed by atoms with van der Waals surface area (Å²) >= 11 is 1.35. The number of furan rings is 1. The minimum absolute atomic E-state index is 0.0549. The molecule has 1 amide bonds. The molecule has 0 unspecified atom stereocenters. The highest BCUT2D eigenvalue weighted by Gasteiger charge is 2.16. The highest BCUT2D eigenvalue weighted by atomic mass is 32.2. The summed E-state index contributed by atoms with van der Waals surface area (Å²) in [6.07, 6.45) is 2.30. The van der Waals surface area contributed by atoms with Crippen molar-refractivity contribution in [1.82, 2.24) is 20.1 Å². The van der Waals surface area contributed by atoms with Gasteiger partial charge in [-0.15, -0.1) is 10.2 Å². The van der Waals surface area contributed by atoms with Gasteiger partial charge in [0.1, 0.15) is 0 Å². The van der Waals surface area contributed by atoms with Crippen molar-refractivity contribution in [2.24, 2.45) is 0 Å². The lowest BCUT2D eigenvalue weighted by atomic mass is 10.1. The number of carbonyl (C=O) groups is 1. The van der Waals surface area contributed by atoms with E-state index in [2.05, 4.69) is 15.5 Å². The van der Waals surface area contributed by atoms with Crippen molar-refractivity contribution in [3.63, 3.8) is 0 Å². The molecule has 0 saturated carbocycles. The van der Waals surface area contributed by atoms with Gasteiger partial charge in [-0.25, -0.2) is 0 Å². The number of hydrogen-bond donors (Lipinski definition) is 1. The van der Waals surface area contributed by atoms with Crippen LogP contribution in [0.3, 0.4) is 0 Å². The normalized spacial score (nSPS) is 10.7. The van der Waals surface area contributed by atoms with Crippen LogP contribution in [0.2, 0.25) is 0 Å². The Morgan fingerprint density at radius 1 is 1.21 bits per heavy atom. The van der Waals surface area contributed by atoms with Gasteiger partial charge in [0.25, 0.3) is 0 Å². The van der Waals surface area contributed by atoms with Gasteiger partial charge < -0.3 is 19.2 Å². The van der Waals surface area contributed by atoms with Gasteiger partial charge in [-0.2, -0.15) is 0 Å². The molecule has 3 rings (SSSR count). The van der Waals surface area contributed by atoms with Gasteiger partial charge in [0.05, 0.1) is 26.2 Å². The fourth-order valence-electron chi connectivity index (χ4n) is 2.83. The van der Waals surface area contributed by atoms with Crippen molar-refractivity contribution in [3.05, 3.63) is 42.2 Å². The first-order valence-electron chi connectivity index (χ1n) is 9.23. The van der Waals surface area contributed by atoms with Crippen LogP contribution in [0.15, 0.2) is 46.2 Å². The number of hydrogen-bond acceptors (Lipinski definition) is 7. The summed E-state index contributed by atoms with van der Waals surface area (Å²) in [5.74, 6) is 2.89. The third-order valence-corrected chi connectivity index (χ3v) is 5.26. The number of aromatic nitrogens is 3. The fourth-order valence-corrected chi connectivity index (χ4v) is 3.66. The van der Waals surface area contributed by atoms with Crippen LogP contribution in [0.1, 0.15) is 12.5 Å². The van der Waals surface area contributed by atoms with E-state index in [4.69, 9.17) is 13.9 Å². The first kappa shape index (κ1) is 20.8. The molecule has 1 aromatic carbocycles. The lowest BCUT2D eigenvalue weighted by molar-refractivity contribution is -0.118. The van der Waals surface area contributed by atoms with Crippen molar-refractivity contribution >= 4 is 17.7 Å². The molecule has 0 saturated heterocycles. The molecule has 0 aliphatic rings. The molecule has 8 nitrogen and oxygen atoms in total. The molecule has 0 atom stereocenters. The Bertz CT molecular complexity index is 940. The third kappa shape index (κ3) is 5.11. The second kappa shape index (κ2) is 10.0. The molecule has 0 bridgehead atoms. The number of carbonyl (C=O) groups excluding carboxylic acids is 1. The summed E-state index contributed by atoms with van der Waals surface area (Å²) in [5.41, 5.74) is 1.06. The van der Waals surface area contributed by atoms with Gasteiger partial charge in [0.15, 0.2) is 28.2 Å². The van der Waals surface area contributed by atoms with Crippen LogP contribution in [0.5, 0.6) is 11.5 Å². The molecule has 2 aromatic heterocycles. The number of nitrogens with zero attached hydrogens (tertiary/aromatic N) is 3. The SMILES string of the molecule is CCn1c(SCC(=O)NCCc2ccc(OC)c(OC)c2)nnc1-c1ccco1. The van der Waals surface area contributed by atoms with Gasteiger partial charge in [-0.05, 0) is 43.2 Å². The first-order chi connectivity index (χ1) is 14.2. The fraction of sp³-hybridized carbons (Fsp3) is 0.350. The average molecular weight is 417 g/mol. The molecular formula is C20H24N4O4S. The van der Waals surface area contributed by atoms with E-state index in [0.717, 1.165) is 5.56 Å². The second-order valence-corrected chi connectivity index (χ2v) is 7.05. The van der Waals surface area contributed by atoms with Crippen LogP contribution < -0.4 is 14.8 Å². The first-order valence-corrected chi connectivity index (χ1v) is 10.2. The quantitative estimate of drug-likeness (QED) is 0.508. The summed E-state index contributed by atoms with van der Waals surface area (Å²) < 4.78 is 17.9. The van der Waals surface area contributed by atoms with E-state index in [0.29, 0.717) is 47.8 Å². The van der Waals surface area contributed by atoms with Crippen molar-refractivity contribution in [2.75, 3.05) is 26.5 Å². The number of methoxy groups -OCH3 is 2. The Balaban J connectivity index is 1.50. The predicted molar refractivity (Wildman–Crippen MR) is 110 cm³/mol. The Kier molecular flexibility index (Phi) is 7.18. The van der Waals surface area contributed by atoms with E-state index in [9.17, 15) is 4.79 Å². The van der Waals surface area contributed by atoms with Gasteiger partial charge in [0, 0.05) is 13.1 Å². The lowest BCUT2D eigenvalue weighted by Gasteiger charge is -2.10. The Hall–Kier alpha value is -2.94. The highest BCUT2D eigenvalue weighted by Crippen LogP contribution is 2.27. The molecule has 0 fully saturated rings. The van der Waals surface area contributed by atoms with Crippen molar-refractivity contribution in [3.8, 4) is 23.1 Å². The largest absolute Gasteiger partial charge is 0.493 e. The highest BCUT2D eigenvalue weighted by molar-refractivity contribution is 7.99. The van der Waals surface area contributed by atoms with Gasteiger partial charge in [-0.3, -0.25) is 9.36 Å². The number of thioether (sulfide) groups is 1. The molecular weight excluding hydrogens is 392 g/mol. The summed E-state index contributed by atoms with van der Waals surface area (Å²) in [6.45, 7) is 3.22. The zero-order chi connectivity index (χ0) is 20.6. The average Bonchev–Trinajstić information content (AvgIpc) is 3.41. The Morgan fingerprint density at radius 3 is 2.72 bits per heavy atom. The number of benzene rings is 1. The van der Waals surface area contributed by atoms with Gasteiger partial charge in [-0.1, -0.05) is 17.8 Å². The molecule has 9 heteroatoms. The minimum atomic E-state index is -0.0549. The summed E-state index contributed by atoms with van der Waals surface area (Å²) in [7, 11) is 3.21. The maximum Gasteiger partial charge on any atom is 0.230 e. The molecule has 0 aliphatic carbocycles. The van der Waals surface area contributed by atoms with E-state index < -0.39 is 0 Å². The van der Waals surface area contributed by atoms with Crippen molar-refractivity contribution in [2.45, 2.75) is 25.0 Å². The van der Waals surface area contributed by atoms with Gasteiger partial charge >= 0.3 is 0 Å². The zero-order valence-electron chi connectivity index (χ0n) is 16.7. The van der Waals surface area contributed by atoms with E-state index in [-0.39, 0.29) is 11.7 Å². The standard InChI is InChI=1S/C20H24N4O4S/c1-4-24-19(16-6-5-11-28-16)22-23-20(24)29-13-18(25)21-10-9-14-7-8-15(26-2)17(12-14)27-3/h5-8,11-12H,4,9-10,13H2,1-3H3,(H,21,25). The van der Waals surface area contributed by atoms with Crippen LogP contribution >= 0.6 is 11.8 Å². The van der Waals surface area contributed by atoms with E-state index in [1.165, 1.54) is 11.8 Å². The summed E-state index contributed by atoms with van der Waals surface area (Å²) in [5, 5.41) is 12.0. The molecule has 2 heterocycles. The number of rotatable bonds is 10. The molecule has 0 aliphatic heterocycles. The Labute approximate surface area is 173 Å². The minimum Gasteiger partial charge on any atom is -0.493 e. The van der Waals surface area contributed by atoms with Crippen LogP contribution in [0.4, 0.5) is 0 Å². The number of amides is 1. The lowest BCUT2D eigenvalue weighted by Crippen LogP contribution is -2.27. The van der Waals surface area contributed by atoms with Crippen molar-refractivity contribution in [1.29, 1.82) is 0 Å².